The van der Waals surface area contributed by atoms with Crippen LogP contribution in [0.1, 0.15) is 35.7 Å². The molecule has 0 saturated heterocycles. The Hall–Kier alpha value is -2.04. The third kappa shape index (κ3) is 1.39. The van der Waals surface area contributed by atoms with Gasteiger partial charge < -0.3 is 10.1 Å². The number of carboxylic acids is 1. The summed E-state index contributed by atoms with van der Waals surface area (Å²) in [4.78, 5) is 25.8. The van der Waals surface area contributed by atoms with Crippen LogP contribution in [0, 0.1) is 0 Å². The van der Waals surface area contributed by atoms with E-state index in [1.165, 1.54) is 6.07 Å². The maximum atomic E-state index is 11.9. The predicted octanol–water partition coefficient (Wildman–Crippen LogP) is 1.75. The van der Waals surface area contributed by atoms with Crippen LogP contribution in [0.25, 0.3) is 11.0 Å². The zero-order valence-electron chi connectivity index (χ0n) is 9.14. The molecule has 0 aliphatic heterocycles. The van der Waals surface area contributed by atoms with Crippen molar-refractivity contribution in [1.29, 1.82) is 0 Å². The molecular formula is C12H12N2O3. The third-order valence-corrected chi connectivity index (χ3v) is 3.41. The van der Waals surface area contributed by atoms with Crippen LogP contribution < -0.4 is 5.69 Å². The van der Waals surface area contributed by atoms with E-state index < -0.39 is 5.97 Å². The molecule has 0 unspecified atom stereocenters. The van der Waals surface area contributed by atoms with Gasteiger partial charge in [0.2, 0.25) is 0 Å². The number of benzene rings is 1. The predicted molar refractivity (Wildman–Crippen MR) is 62.4 cm³/mol. The van der Waals surface area contributed by atoms with Crippen LogP contribution >= 0.6 is 0 Å². The van der Waals surface area contributed by atoms with E-state index in [1.807, 2.05) is 0 Å². The molecule has 5 nitrogen and oxygen atoms in total. The van der Waals surface area contributed by atoms with E-state index in [0.29, 0.717) is 11.0 Å². The van der Waals surface area contributed by atoms with Gasteiger partial charge in [-0.25, -0.2) is 9.59 Å². The van der Waals surface area contributed by atoms with Crippen LogP contribution in [-0.2, 0) is 0 Å². The smallest absolute Gasteiger partial charge is 0.337 e. The highest BCUT2D eigenvalue weighted by Gasteiger charge is 2.25. The highest BCUT2D eigenvalue weighted by molar-refractivity contribution is 6.01. The molecule has 1 fully saturated rings. The number of aromatic nitrogens is 2. The summed E-state index contributed by atoms with van der Waals surface area (Å²) in [5.41, 5.74) is 1.10. The topological polar surface area (TPSA) is 75.1 Å². The van der Waals surface area contributed by atoms with Crippen LogP contribution in [0.2, 0.25) is 0 Å². The number of hydrogen-bond acceptors (Lipinski definition) is 2. The van der Waals surface area contributed by atoms with Crippen molar-refractivity contribution in [3.63, 3.8) is 0 Å². The number of fused-ring (bicyclic) bond motifs is 1. The summed E-state index contributed by atoms with van der Waals surface area (Å²) in [5.74, 6) is -0.998. The number of carbonyl (C=O) groups is 1. The number of rotatable bonds is 2. The summed E-state index contributed by atoms with van der Waals surface area (Å²) < 4.78 is 1.60. The number of imidazole rings is 1. The molecule has 0 atom stereocenters. The molecule has 0 bridgehead atoms. The van der Waals surface area contributed by atoms with Crippen LogP contribution in [-0.4, -0.2) is 20.6 Å². The highest BCUT2D eigenvalue weighted by Crippen LogP contribution is 2.33. The normalized spacial score (nSPS) is 16.0. The fourth-order valence-electron chi connectivity index (χ4n) is 2.35. The first-order valence-corrected chi connectivity index (χ1v) is 5.65. The molecule has 0 spiro atoms. The lowest BCUT2D eigenvalue weighted by Crippen LogP contribution is -2.27. The average molecular weight is 232 g/mol. The molecule has 1 heterocycles. The lowest BCUT2D eigenvalue weighted by molar-refractivity contribution is 0.0698. The Bertz CT molecular complexity index is 649. The molecule has 1 aromatic heterocycles. The van der Waals surface area contributed by atoms with Gasteiger partial charge in [0.1, 0.15) is 0 Å². The Labute approximate surface area is 96.7 Å². The molecule has 5 heteroatoms. The second-order valence-electron chi connectivity index (χ2n) is 4.39. The van der Waals surface area contributed by atoms with Crippen LogP contribution in [0.5, 0.6) is 0 Å². The molecule has 1 saturated carbocycles. The number of H-pyrrole nitrogens is 1. The molecule has 1 aliphatic rings. The largest absolute Gasteiger partial charge is 0.478 e. The van der Waals surface area contributed by atoms with Crippen molar-refractivity contribution in [1.82, 2.24) is 9.55 Å². The number of nitrogens with one attached hydrogen (secondary N) is 1. The van der Waals surface area contributed by atoms with Gasteiger partial charge in [0.05, 0.1) is 16.6 Å². The molecule has 2 aromatic rings. The second-order valence-corrected chi connectivity index (χ2v) is 4.39. The number of nitrogens with zero attached hydrogens (tertiary/aromatic N) is 1. The van der Waals surface area contributed by atoms with Crippen LogP contribution in [0.4, 0.5) is 0 Å². The van der Waals surface area contributed by atoms with Crippen LogP contribution in [0.3, 0.4) is 0 Å². The zero-order chi connectivity index (χ0) is 12.0. The Kier molecular flexibility index (Phi) is 2.07. The van der Waals surface area contributed by atoms with E-state index in [4.69, 9.17) is 5.11 Å². The van der Waals surface area contributed by atoms with Crippen molar-refractivity contribution in [2.75, 3.05) is 0 Å². The van der Waals surface area contributed by atoms with E-state index in [-0.39, 0.29) is 17.3 Å². The maximum absolute atomic E-state index is 11.9. The fourth-order valence-corrected chi connectivity index (χ4v) is 2.35. The standard InChI is InChI=1S/C12H12N2O3/c15-11(16)8-5-2-6-9-10(8)14(12(17)13-9)7-3-1-4-7/h2,5-7H,1,3-4H2,(H,13,17)(H,15,16). The monoisotopic (exact) mass is 232 g/mol. The Morgan fingerprint density at radius 3 is 2.76 bits per heavy atom. The lowest BCUT2D eigenvalue weighted by Gasteiger charge is -2.26. The van der Waals surface area contributed by atoms with Gasteiger partial charge in [0.15, 0.2) is 0 Å². The van der Waals surface area contributed by atoms with Gasteiger partial charge in [-0.1, -0.05) is 6.07 Å². The summed E-state index contributed by atoms with van der Waals surface area (Å²) in [5, 5.41) is 9.16. The van der Waals surface area contributed by atoms with Crippen LogP contribution in [0.15, 0.2) is 23.0 Å². The third-order valence-electron chi connectivity index (χ3n) is 3.41. The summed E-state index contributed by atoms with van der Waals surface area (Å²) in [6, 6.07) is 5.06. The Balaban J connectivity index is 2.35. The minimum Gasteiger partial charge on any atom is -0.478 e. The number of para-hydroxylation sites is 1. The quantitative estimate of drug-likeness (QED) is 0.828. The van der Waals surface area contributed by atoms with E-state index in [2.05, 4.69) is 4.98 Å². The number of carboxylic acid groups (broad SMARTS) is 1. The molecule has 88 valence electrons. The molecule has 0 radical (unpaired) electrons. The van der Waals surface area contributed by atoms with Gasteiger partial charge in [0, 0.05) is 6.04 Å². The van der Waals surface area contributed by atoms with E-state index in [0.717, 1.165) is 19.3 Å². The molecule has 1 aromatic carbocycles. The molecule has 2 N–H and O–H groups in total. The van der Waals surface area contributed by atoms with Crippen molar-refractivity contribution >= 4 is 17.0 Å². The maximum Gasteiger partial charge on any atom is 0.337 e. The van der Waals surface area contributed by atoms with E-state index in [9.17, 15) is 9.59 Å². The van der Waals surface area contributed by atoms with Gasteiger partial charge in [-0.05, 0) is 31.4 Å². The lowest BCUT2D eigenvalue weighted by atomic mass is 9.92. The first-order valence-electron chi connectivity index (χ1n) is 5.65. The number of aromatic amines is 1. The van der Waals surface area contributed by atoms with Gasteiger partial charge in [-0.2, -0.15) is 0 Å². The SMILES string of the molecule is O=C(O)c1cccc2[nH]c(=O)n(C3CCC3)c12. The first kappa shape index (κ1) is 10.1. The molecular weight excluding hydrogens is 220 g/mol. The fraction of sp³-hybridized carbons (Fsp3) is 0.333. The van der Waals surface area contributed by atoms with E-state index >= 15 is 0 Å². The molecule has 3 rings (SSSR count). The summed E-state index contributed by atoms with van der Waals surface area (Å²) in [6.45, 7) is 0. The van der Waals surface area contributed by atoms with Crippen molar-refractivity contribution in [3.8, 4) is 0 Å². The number of hydrogen-bond donors (Lipinski definition) is 2. The second kappa shape index (κ2) is 3.48. The van der Waals surface area contributed by atoms with Gasteiger partial charge in [-0.15, -0.1) is 0 Å². The molecule has 1 aliphatic carbocycles. The molecule has 0 amide bonds. The Morgan fingerprint density at radius 2 is 2.18 bits per heavy atom. The van der Waals surface area contributed by atoms with Crippen molar-refractivity contribution in [2.45, 2.75) is 25.3 Å². The number of aromatic carboxylic acids is 1. The first-order chi connectivity index (χ1) is 8.18. The van der Waals surface area contributed by atoms with Gasteiger partial charge in [0.25, 0.3) is 0 Å². The molecule has 17 heavy (non-hydrogen) atoms. The average Bonchev–Trinajstić information content (AvgIpc) is 2.53. The Morgan fingerprint density at radius 1 is 1.41 bits per heavy atom. The minimum absolute atomic E-state index is 0.150. The highest BCUT2D eigenvalue weighted by atomic mass is 16.4. The zero-order valence-corrected chi connectivity index (χ0v) is 9.14. The minimum atomic E-state index is -0.998. The van der Waals surface area contributed by atoms with E-state index in [1.54, 1.807) is 16.7 Å². The van der Waals surface area contributed by atoms with Crippen molar-refractivity contribution in [2.24, 2.45) is 0 Å². The summed E-state index contributed by atoms with van der Waals surface area (Å²) in [7, 11) is 0. The van der Waals surface area contributed by atoms with Crippen molar-refractivity contribution < 1.29 is 9.90 Å². The van der Waals surface area contributed by atoms with Gasteiger partial charge >= 0.3 is 11.7 Å². The summed E-state index contributed by atoms with van der Waals surface area (Å²) >= 11 is 0. The van der Waals surface area contributed by atoms with Crippen molar-refractivity contribution in [3.05, 3.63) is 34.2 Å². The summed E-state index contributed by atoms with van der Waals surface area (Å²) in [6.07, 6.45) is 2.99. The van der Waals surface area contributed by atoms with Gasteiger partial charge in [-0.3, -0.25) is 4.57 Å².